The van der Waals surface area contributed by atoms with Gasteiger partial charge in [0, 0.05) is 66.8 Å². The number of carbonyl (C=O) groups is 2. The van der Waals surface area contributed by atoms with E-state index < -0.39 is 183 Å². The van der Waals surface area contributed by atoms with Crippen molar-refractivity contribution in [2.45, 2.75) is 262 Å². The third-order valence-corrected chi connectivity index (χ3v) is 17.2. The normalized spacial score (nSPS) is 45.6. The summed E-state index contributed by atoms with van der Waals surface area (Å²) in [4.78, 5) is 25.5. The molecular weight excluding hydrogens is 1110 g/mol. The van der Waals surface area contributed by atoms with Crippen LogP contribution in [-0.4, -0.2) is 223 Å². The first kappa shape index (κ1) is 74.2. The molecule has 0 bridgehead atoms. The fourth-order valence-corrected chi connectivity index (χ4v) is 10.9. The van der Waals surface area contributed by atoms with Gasteiger partial charge in [0.2, 0.25) is 0 Å². The maximum atomic E-state index is 13.5. The zero-order valence-electron chi connectivity index (χ0n) is 50.0. The molecule has 3 heterocycles. The first-order valence-corrected chi connectivity index (χ1v) is 29.8. The number of aliphatic hydroxyl groups is 16. The van der Waals surface area contributed by atoms with Crippen molar-refractivity contribution < 1.29 is 110 Å². The molecule has 27 atom stereocenters. The standard InChI is InChI=1S/C61H104O22/c1-31-14-10-11-18-45(68)36(6)55(74)32(2)15-12-16-34(4)60(79)81-49(39(9)50-22-23-53(72)80-50)19-13-17-40(63)25-41(64)27-46(69)37(7)56(75)38(8)47(70)28-42(65)26-43(66)29-48(71)51(24-35(5)54(73)33(3)20-21-44(31)67)82-61-59(78)58(77)57(76)52(30-62)83-61/h10,13-14,16-17,20-21,24,31-33,36-52,54-59,61-71,73-78H,11-12,15,18-19,22-23,25-30H2,1-9H3/b14-10+,17-13+,21-20+,34-16+,35-24+/t31?,32?,33?,36?,37?,38?,39?,40?,41?,42?,43?,44?,45?,46?,47?,48?,49?,50?,51?,52-,54?,55?,56?,57-,58+,59+,61+/m1/s1/i11+1,13+1,14+1,15+1,16+1,20+1,24+1,40+1,41+1,42+1,43+1,44+1,45+1,46+1,47+1,48+1,49+1,54+1,55+1,56+1,60+1. The Balaban J connectivity index is 1.88. The van der Waals surface area contributed by atoms with Crippen molar-refractivity contribution in [2.24, 2.45) is 41.4 Å². The van der Waals surface area contributed by atoms with Crippen molar-refractivity contribution in [2.75, 3.05) is 6.61 Å². The Morgan fingerprint density at radius 3 is 1.76 bits per heavy atom. The lowest BCUT2D eigenvalue weighted by molar-refractivity contribution is -0.313. The molecule has 0 saturated carbocycles. The molecule has 2 fully saturated rings. The van der Waals surface area contributed by atoms with Crippen LogP contribution in [0.2, 0.25) is 0 Å². The van der Waals surface area contributed by atoms with Crippen LogP contribution in [0.15, 0.2) is 59.8 Å². The molecule has 22 unspecified atom stereocenters. The Kier molecular flexibility index (Phi) is 32.4. The lowest BCUT2D eigenvalue weighted by atomic mass is 9.99. The highest BCUT2D eigenvalue weighted by Crippen LogP contribution is 2.31. The molecule has 0 aromatic carbocycles. The van der Waals surface area contributed by atoms with E-state index in [0.717, 1.165) is 0 Å². The van der Waals surface area contributed by atoms with Crippen LogP contribution in [0.25, 0.3) is 0 Å². The van der Waals surface area contributed by atoms with E-state index in [4.69, 9.17) is 18.9 Å². The fraction of sp³-hybridized carbons (Fsp3) is 0.803. The van der Waals surface area contributed by atoms with Crippen molar-refractivity contribution in [3.05, 3.63) is 59.8 Å². The number of cyclic esters (lactones) is 2. The van der Waals surface area contributed by atoms with E-state index in [0.29, 0.717) is 37.7 Å². The van der Waals surface area contributed by atoms with Gasteiger partial charge in [0.25, 0.3) is 0 Å². The molecule has 22 heteroatoms. The number of carbonyl (C=O) groups excluding carboxylic acids is 2. The molecule has 83 heavy (non-hydrogen) atoms. The molecule has 0 spiro atoms. The zero-order valence-corrected chi connectivity index (χ0v) is 50.0. The van der Waals surface area contributed by atoms with Crippen LogP contribution in [-0.2, 0) is 28.5 Å². The fourth-order valence-electron chi connectivity index (χ4n) is 10.9. The third-order valence-electron chi connectivity index (χ3n) is 17.2. The molecular formula is C61H104O22. The number of rotatable bonds is 5. The molecule has 480 valence electrons. The number of hydrogen-bond acceptors (Lipinski definition) is 22. The van der Waals surface area contributed by atoms with Crippen molar-refractivity contribution in [3.8, 4) is 0 Å². The Hall–Kier alpha value is -3.08. The van der Waals surface area contributed by atoms with Gasteiger partial charge in [-0.05, 0) is 76.7 Å². The average Bonchev–Trinajstić information content (AvgIpc) is 4.00. The third kappa shape index (κ3) is 23.9. The van der Waals surface area contributed by atoms with Crippen LogP contribution in [0.1, 0.15) is 139 Å². The monoisotopic (exact) mass is 1210 g/mol. The molecule has 0 amide bonds. The van der Waals surface area contributed by atoms with E-state index in [1.165, 1.54) is 39.0 Å². The summed E-state index contributed by atoms with van der Waals surface area (Å²) in [5.41, 5.74) is 0.540. The minimum Gasteiger partial charge on any atom is -0.462 e. The van der Waals surface area contributed by atoms with E-state index in [1.807, 2.05) is 13.0 Å². The molecule has 3 aliphatic rings. The van der Waals surface area contributed by atoms with Gasteiger partial charge in [-0.3, -0.25) is 4.79 Å². The van der Waals surface area contributed by atoms with Crippen LogP contribution < -0.4 is 0 Å². The van der Waals surface area contributed by atoms with Crippen LogP contribution in [0.3, 0.4) is 0 Å². The van der Waals surface area contributed by atoms with Gasteiger partial charge in [0.15, 0.2) is 6.29 Å². The largest absolute Gasteiger partial charge is 0.462 e. The minimum absolute atomic E-state index is 0.118. The molecule has 0 radical (unpaired) electrons. The molecule has 2 saturated heterocycles. The van der Waals surface area contributed by atoms with Crippen LogP contribution in [0, 0.1) is 41.4 Å². The highest BCUT2D eigenvalue weighted by molar-refractivity contribution is 5.87. The van der Waals surface area contributed by atoms with E-state index in [9.17, 15) is 91.3 Å². The van der Waals surface area contributed by atoms with E-state index >= 15 is 0 Å². The van der Waals surface area contributed by atoms with Gasteiger partial charge in [-0.15, -0.1) is 0 Å². The topological polar surface area (TPSA) is 395 Å². The van der Waals surface area contributed by atoms with Gasteiger partial charge in [-0.1, -0.05) is 97.1 Å². The van der Waals surface area contributed by atoms with Crippen molar-refractivity contribution in [1.82, 2.24) is 0 Å². The average molecular weight is 1210 g/mol. The summed E-state index contributed by atoms with van der Waals surface area (Å²) in [6, 6.07) is 0. The van der Waals surface area contributed by atoms with Crippen LogP contribution >= 0.6 is 0 Å². The number of hydrogen-bond donors (Lipinski definition) is 16. The summed E-state index contributed by atoms with van der Waals surface area (Å²) in [5.74, 6) is -5.08. The van der Waals surface area contributed by atoms with Gasteiger partial charge >= 0.3 is 11.9 Å². The minimum atomic E-state index is -1.88. The highest BCUT2D eigenvalue weighted by Gasteiger charge is 2.46. The Morgan fingerprint density at radius 1 is 0.578 bits per heavy atom. The summed E-state index contributed by atoms with van der Waals surface area (Å²) >= 11 is 0. The molecule has 3 aliphatic heterocycles. The lowest BCUT2D eigenvalue weighted by Crippen LogP contribution is -2.60. The van der Waals surface area contributed by atoms with Crippen LogP contribution in [0.4, 0.5) is 0 Å². The maximum absolute atomic E-state index is 13.5. The molecule has 3 rings (SSSR count). The highest BCUT2D eigenvalue weighted by atomic mass is 16.7. The van der Waals surface area contributed by atoms with Crippen molar-refractivity contribution in [3.63, 3.8) is 0 Å². The smallest absolute Gasteiger partial charge is 0.333 e. The molecule has 0 aromatic rings. The van der Waals surface area contributed by atoms with Gasteiger partial charge < -0.3 is 101 Å². The van der Waals surface area contributed by atoms with Gasteiger partial charge in [0.1, 0.15) is 42.7 Å². The first-order valence-electron chi connectivity index (χ1n) is 29.8. The molecule has 0 aromatic heterocycles. The number of allylic oxidation sites excluding steroid dienone is 2. The first-order chi connectivity index (χ1) is 38.9. The summed E-state index contributed by atoms with van der Waals surface area (Å²) in [6.45, 7) is 14.2. The Labute approximate surface area is 490 Å². The van der Waals surface area contributed by atoms with Gasteiger partial charge in [0.05, 0.1) is 79.9 Å². The second-order valence-electron chi connectivity index (χ2n) is 24.3. The second-order valence-corrected chi connectivity index (χ2v) is 24.3. The quantitative estimate of drug-likeness (QED) is 0.104. The number of esters is 2. The van der Waals surface area contributed by atoms with Gasteiger partial charge in [-0.25, -0.2) is 4.79 Å². The van der Waals surface area contributed by atoms with E-state index in [-0.39, 0.29) is 49.6 Å². The van der Waals surface area contributed by atoms with Gasteiger partial charge in [-0.2, -0.15) is 0 Å². The maximum Gasteiger partial charge on any atom is 0.333 e. The van der Waals surface area contributed by atoms with E-state index in [2.05, 4.69) is 0 Å². The predicted octanol–water partition coefficient (Wildman–Crippen LogP) is 1.05. The summed E-state index contributed by atoms with van der Waals surface area (Å²) in [7, 11) is 0. The summed E-state index contributed by atoms with van der Waals surface area (Å²) in [6.07, 6.45) is -13.0. The number of aliphatic hydroxyl groups excluding tert-OH is 16. The molecule has 0 aliphatic carbocycles. The molecule has 16 N–H and O–H groups in total. The Morgan fingerprint density at radius 2 is 1.17 bits per heavy atom. The lowest BCUT2D eigenvalue weighted by Gasteiger charge is -2.41. The van der Waals surface area contributed by atoms with E-state index in [1.54, 1.807) is 58.9 Å². The second kappa shape index (κ2) is 36.3. The SMILES string of the molecule is C/C1=[13CH]\C[13CH2]C(C)[13CH](O)C(C)[13CH](O)C[13CH2]/C=[13CH]/C(C)[13CH](O)/C=[13CH]/C(C)[13CH](O)/C(C)=[13CH]/C(O[C@H]2O[C@H](CO)[C@@H](O)[C@H](O)[C@@H]2O)[13CH](O)C[13CH](O)C[13CH](O)C[13CH](O)C(C)[13CH](O)C(C)[13CH](O)C[13CH](O)C[13CH](O)/C=[13CH]/C[13CH](C(C)C2CCC(=O)O2)O[13C]1=O. The van der Waals surface area contributed by atoms with Crippen molar-refractivity contribution >= 4 is 11.9 Å². The number of ether oxygens (including phenoxy) is 4. The van der Waals surface area contributed by atoms with Crippen LogP contribution in [0.5, 0.6) is 0 Å². The predicted molar refractivity (Wildman–Crippen MR) is 305 cm³/mol. The van der Waals surface area contributed by atoms with Crippen molar-refractivity contribution in [1.29, 1.82) is 0 Å². The Bertz CT molecular complexity index is 2050. The summed E-state index contributed by atoms with van der Waals surface area (Å²) in [5, 5.41) is 175. The molecule has 22 nitrogen and oxygen atoms in total. The summed E-state index contributed by atoms with van der Waals surface area (Å²) < 4.78 is 22.9. The zero-order chi connectivity index (χ0) is 62.6.